The fourth-order valence-electron chi connectivity index (χ4n) is 4.42. The van der Waals surface area contributed by atoms with Crippen LogP contribution < -0.4 is 10.3 Å². The number of nitrogens with zero attached hydrogens (tertiary/aromatic N) is 3. The third-order valence-corrected chi connectivity index (χ3v) is 8.37. The first kappa shape index (κ1) is 23.1. The van der Waals surface area contributed by atoms with Crippen molar-refractivity contribution in [3.8, 4) is 11.4 Å². The van der Waals surface area contributed by atoms with Crippen LogP contribution in [0.5, 0.6) is 5.75 Å². The first-order valence-corrected chi connectivity index (χ1v) is 13.6. The number of thiophene rings is 1. The van der Waals surface area contributed by atoms with Crippen molar-refractivity contribution < 1.29 is 4.74 Å². The molecule has 1 aliphatic rings. The number of fused-ring (bicyclic) bond motifs is 3. The molecule has 176 valence electrons. The molecule has 34 heavy (non-hydrogen) atoms. The van der Waals surface area contributed by atoms with Gasteiger partial charge in [0, 0.05) is 30.3 Å². The summed E-state index contributed by atoms with van der Waals surface area (Å²) >= 11 is 3.36. The van der Waals surface area contributed by atoms with Gasteiger partial charge in [-0.3, -0.25) is 14.3 Å². The molecule has 0 bridgehead atoms. The van der Waals surface area contributed by atoms with E-state index in [1.807, 2.05) is 24.3 Å². The first-order chi connectivity index (χ1) is 16.7. The summed E-state index contributed by atoms with van der Waals surface area (Å²) < 4.78 is 7.12. The van der Waals surface area contributed by atoms with Crippen LogP contribution in [0.3, 0.4) is 0 Å². The van der Waals surface area contributed by atoms with E-state index in [1.165, 1.54) is 16.0 Å². The monoisotopic (exact) mass is 491 g/mol. The molecule has 0 aliphatic carbocycles. The van der Waals surface area contributed by atoms with Crippen molar-refractivity contribution in [2.75, 3.05) is 19.4 Å². The number of thioether (sulfide) groups is 1. The van der Waals surface area contributed by atoms with Gasteiger partial charge in [0.2, 0.25) is 0 Å². The van der Waals surface area contributed by atoms with Crippen molar-refractivity contribution in [3.05, 3.63) is 81.0 Å². The molecule has 0 atom stereocenters. The molecule has 1 aliphatic heterocycles. The molecule has 7 heteroatoms. The molecule has 5 rings (SSSR count). The normalized spacial score (nSPS) is 13.8. The van der Waals surface area contributed by atoms with Gasteiger partial charge in [0.15, 0.2) is 5.16 Å². The van der Waals surface area contributed by atoms with Crippen molar-refractivity contribution in [1.82, 2.24) is 14.5 Å². The predicted octanol–water partition coefficient (Wildman–Crippen LogP) is 5.91. The Morgan fingerprint density at radius 3 is 2.65 bits per heavy atom. The lowest BCUT2D eigenvalue weighted by Gasteiger charge is -2.26. The van der Waals surface area contributed by atoms with Crippen LogP contribution in [0.4, 0.5) is 0 Å². The Bertz CT molecular complexity index is 1330. The summed E-state index contributed by atoms with van der Waals surface area (Å²) in [7, 11) is 1.65. The summed E-state index contributed by atoms with van der Waals surface area (Å²) in [6, 6.07) is 18.3. The summed E-state index contributed by atoms with van der Waals surface area (Å²) in [5, 5.41) is 1.57. The maximum Gasteiger partial charge on any atom is 0.267 e. The van der Waals surface area contributed by atoms with E-state index in [9.17, 15) is 4.79 Å². The average Bonchev–Trinajstić information content (AvgIpc) is 3.23. The van der Waals surface area contributed by atoms with Gasteiger partial charge in [0.25, 0.3) is 5.56 Å². The molecule has 0 fully saturated rings. The Kier molecular flexibility index (Phi) is 7.04. The van der Waals surface area contributed by atoms with Gasteiger partial charge in [-0.15, -0.1) is 11.3 Å². The van der Waals surface area contributed by atoms with E-state index < -0.39 is 0 Å². The van der Waals surface area contributed by atoms with Gasteiger partial charge < -0.3 is 4.74 Å². The summed E-state index contributed by atoms with van der Waals surface area (Å²) in [5.41, 5.74) is 3.39. The lowest BCUT2D eigenvalue weighted by atomic mass is 10.0. The highest BCUT2D eigenvalue weighted by atomic mass is 32.2. The molecule has 0 radical (unpaired) electrons. The highest BCUT2D eigenvalue weighted by Crippen LogP contribution is 2.35. The lowest BCUT2D eigenvalue weighted by Crippen LogP contribution is -2.30. The number of rotatable bonds is 8. The molecule has 0 saturated heterocycles. The van der Waals surface area contributed by atoms with Crippen molar-refractivity contribution in [2.24, 2.45) is 0 Å². The molecule has 0 saturated carbocycles. The topological polar surface area (TPSA) is 47.4 Å². The molecular formula is C27H29N3O2S2. The van der Waals surface area contributed by atoms with E-state index in [0.29, 0.717) is 0 Å². The quantitative estimate of drug-likeness (QED) is 0.174. The zero-order chi connectivity index (χ0) is 23.5. The van der Waals surface area contributed by atoms with Gasteiger partial charge >= 0.3 is 0 Å². The Hall–Kier alpha value is -2.61. The van der Waals surface area contributed by atoms with Crippen LogP contribution in [0.25, 0.3) is 15.9 Å². The number of hydrogen-bond donors (Lipinski definition) is 0. The molecule has 0 unspecified atom stereocenters. The number of aromatic nitrogens is 2. The largest absolute Gasteiger partial charge is 0.497 e. The first-order valence-electron chi connectivity index (χ1n) is 11.8. The fourth-order valence-corrected chi connectivity index (χ4v) is 6.82. The zero-order valence-electron chi connectivity index (χ0n) is 19.6. The minimum atomic E-state index is 0.0446. The van der Waals surface area contributed by atoms with Crippen LogP contribution in [-0.2, 0) is 19.5 Å². The second-order valence-electron chi connectivity index (χ2n) is 8.57. The van der Waals surface area contributed by atoms with E-state index >= 15 is 0 Å². The Labute approximate surface area is 208 Å². The highest BCUT2D eigenvalue weighted by molar-refractivity contribution is 7.99. The van der Waals surface area contributed by atoms with Crippen molar-refractivity contribution in [1.29, 1.82) is 0 Å². The standard InChI is InChI=1S/C27H29N3O2S2/c1-3-4-16-33-27-28-25-24(26(31)30(27)20-10-12-21(32-2)13-11-20)22-14-15-29(18-23(22)34-25)17-19-8-6-5-7-9-19/h5-13H,3-4,14-18H2,1-2H3. The van der Waals surface area contributed by atoms with Gasteiger partial charge in [0.05, 0.1) is 18.2 Å². The average molecular weight is 492 g/mol. The lowest BCUT2D eigenvalue weighted by molar-refractivity contribution is 0.249. The molecule has 0 spiro atoms. The van der Waals surface area contributed by atoms with Gasteiger partial charge in [-0.2, -0.15) is 0 Å². The van der Waals surface area contributed by atoms with Gasteiger partial charge in [-0.25, -0.2) is 4.98 Å². The minimum Gasteiger partial charge on any atom is -0.497 e. The van der Waals surface area contributed by atoms with Crippen LogP contribution in [0.2, 0.25) is 0 Å². The molecular weight excluding hydrogens is 462 g/mol. The van der Waals surface area contributed by atoms with E-state index in [2.05, 4.69) is 42.2 Å². The molecule has 2 aromatic heterocycles. The number of benzene rings is 2. The van der Waals surface area contributed by atoms with Crippen molar-refractivity contribution >= 4 is 33.3 Å². The fraction of sp³-hybridized carbons (Fsp3) is 0.333. The van der Waals surface area contributed by atoms with E-state index in [1.54, 1.807) is 34.8 Å². The minimum absolute atomic E-state index is 0.0446. The van der Waals surface area contributed by atoms with Crippen LogP contribution in [0, 0.1) is 0 Å². The van der Waals surface area contributed by atoms with Gasteiger partial charge in [0.1, 0.15) is 10.6 Å². The van der Waals surface area contributed by atoms with Crippen LogP contribution in [-0.4, -0.2) is 33.9 Å². The number of ether oxygens (including phenoxy) is 1. The Morgan fingerprint density at radius 1 is 1.12 bits per heavy atom. The summed E-state index contributed by atoms with van der Waals surface area (Å²) in [6.07, 6.45) is 3.09. The third kappa shape index (κ3) is 4.65. The predicted molar refractivity (Wildman–Crippen MR) is 142 cm³/mol. The van der Waals surface area contributed by atoms with Crippen molar-refractivity contribution in [2.45, 2.75) is 44.4 Å². The zero-order valence-corrected chi connectivity index (χ0v) is 21.3. The van der Waals surface area contributed by atoms with E-state index in [4.69, 9.17) is 9.72 Å². The van der Waals surface area contributed by atoms with E-state index in [-0.39, 0.29) is 5.56 Å². The van der Waals surface area contributed by atoms with E-state index in [0.717, 1.165) is 71.5 Å². The van der Waals surface area contributed by atoms with Crippen LogP contribution in [0.1, 0.15) is 35.8 Å². The number of hydrogen-bond acceptors (Lipinski definition) is 6. The molecule has 3 heterocycles. The maximum absolute atomic E-state index is 13.9. The second-order valence-corrected chi connectivity index (χ2v) is 10.7. The molecule has 2 aromatic carbocycles. The van der Waals surface area contributed by atoms with Gasteiger partial charge in [-0.05, 0) is 48.2 Å². The number of unbranched alkanes of at least 4 members (excludes halogenated alkanes) is 1. The summed E-state index contributed by atoms with van der Waals surface area (Å²) in [6.45, 7) is 4.92. The van der Waals surface area contributed by atoms with Crippen LogP contribution in [0.15, 0.2) is 64.5 Å². The van der Waals surface area contributed by atoms with Crippen molar-refractivity contribution in [3.63, 3.8) is 0 Å². The summed E-state index contributed by atoms with van der Waals surface area (Å²) in [5.74, 6) is 1.72. The third-order valence-electron chi connectivity index (χ3n) is 6.23. The second kappa shape index (κ2) is 10.3. The Balaban J connectivity index is 1.54. The highest BCUT2D eigenvalue weighted by Gasteiger charge is 2.25. The molecule has 0 amide bonds. The molecule has 4 aromatic rings. The molecule has 5 nitrogen and oxygen atoms in total. The number of methoxy groups -OCH3 is 1. The summed E-state index contributed by atoms with van der Waals surface area (Å²) in [4.78, 5) is 23.6. The van der Waals surface area contributed by atoms with Crippen LogP contribution >= 0.6 is 23.1 Å². The maximum atomic E-state index is 13.9. The Morgan fingerprint density at radius 2 is 1.91 bits per heavy atom. The SMILES string of the molecule is CCCCSc1nc2sc3c(c2c(=O)n1-c1ccc(OC)cc1)CCN(Cc1ccccc1)C3. The van der Waals surface area contributed by atoms with Gasteiger partial charge in [-0.1, -0.05) is 55.4 Å². The smallest absolute Gasteiger partial charge is 0.267 e. The molecule has 0 N–H and O–H groups in total.